The molecule has 0 bridgehead atoms. The largest absolute Gasteiger partial charge is 0.329 e. The van der Waals surface area contributed by atoms with Crippen molar-refractivity contribution in [3.8, 4) is 0 Å². The van der Waals surface area contributed by atoms with E-state index < -0.39 is 0 Å². The molecule has 1 aromatic carbocycles. The Morgan fingerprint density at radius 1 is 1.44 bits per heavy atom. The Morgan fingerprint density at radius 2 is 2.17 bits per heavy atom. The molecule has 2 rings (SSSR count). The summed E-state index contributed by atoms with van der Waals surface area (Å²) in [4.78, 5) is 17.3. The lowest BCUT2D eigenvalue weighted by molar-refractivity contribution is 0.195. The molecule has 0 spiro atoms. The van der Waals surface area contributed by atoms with E-state index in [0.29, 0.717) is 5.56 Å². The number of carbonyl (C=O) groups is 1. The number of rotatable bonds is 2. The van der Waals surface area contributed by atoms with Gasteiger partial charge in [0, 0.05) is 25.0 Å². The van der Waals surface area contributed by atoms with Gasteiger partial charge in [0.1, 0.15) is 12.1 Å². The summed E-state index contributed by atoms with van der Waals surface area (Å²) in [5.41, 5.74) is 0.494. The minimum Gasteiger partial charge on any atom is -0.320 e. The van der Waals surface area contributed by atoms with Crippen LogP contribution >= 0.6 is 0 Å². The third kappa shape index (κ3) is 2.25. The van der Waals surface area contributed by atoms with E-state index in [-0.39, 0.29) is 17.9 Å². The molecule has 1 aromatic heterocycles. The second-order valence-corrected chi connectivity index (χ2v) is 4.06. The Hall–Kier alpha value is -2.17. The van der Waals surface area contributed by atoms with E-state index in [1.165, 1.54) is 28.1 Å². The summed E-state index contributed by atoms with van der Waals surface area (Å²) in [5.74, 6) is -0.310. The van der Waals surface area contributed by atoms with Crippen molar-refractivity contribution in [1.82, 2.24) is 14.5 Å². The average molecular weight is 247 g/mol. The lowest BCUT2D eigenvalue weighted by atomic mass is 10.1. The minimum atomic E-state index is -0.346. The first-order valence-corrected chi connectivity index (χ1v) is 5.61. The molecule has 18 heavy (non-hydrogen) atoms. The first-order chi connectivity index (χ1) is 8.61. The summed E-state index contributed by atoms with van der Waals surface area (Å²) in [5, 5.41) is 0. The molecule has 2 aromatic rings. The zero-order chi connectivity index (χ0) is 13.1. The normalized spacial score (nSPS) is 12.2. The van der Waals surface area contributed by atoms with E-state index in [2.05, 4.69) is 4.98 Å². The molecule has 4 nitrogen and oxygen atoms in total. The molecule has 0 saturated heterocycles. The van der Waals surface area contributed by atoms with Crippen molar-refractivity contribution >= 4 is 6.03 Å². The highest BCUT2D eigenvalue weighted by Gasteiger charge is 2.20. The van der Waals surface area contributed by atoms with Crippen LogP contribution in [0.1, 0.15) is 18.5 Å². The van der Waals surface area contributed by atoms with E-state index in [1.54, 1.807) is 38.4 Å². The number of hydrogen-bond donors (Lipinski definition) is 0. The fourth-order valence-corrected chi connectivity index (χ4v) is 1.74. The molecule has 1 heterocycles. The number of carbonyl (C=O) groups excluding carboxylic acids is 1. The first kappa shape index (κ1) is 12.3. The van der Waals surface area contributed by atoms with Gasteiger partial charge >= 0.3 is 6.03 Å². The number of benzene rings is 1. The van der Waals surface area contributed by atoms with Gasteiger partial charge < -0.3 is 4.90 Å². The van der Waals surface area contributed by atoms with E-state index in [9.17, 15) is 9.18 Å². The van der Waals surface area contributed by atoms with Crippen LogP contribution in [0.3, 0.4) is 0 Å². The molecule has 5 heteroatoms. The summed E-state index contributed by atoms with van der Waals surface area (Å²) < 4.78 is 15.0. The Bertz CT molecular complexity index is 539. The maximum absolute atomic E-state index is 13.6. The van der Waals surface area contributed by atoms with Gasteiger partial charge in [-0.3, -0.25) is 4.57 Å². The molecule has 1 amide bonds. The monoisotopic (exact) mass is 247 g/mol. The van der Waals surface area contributed by atoms with Gasteiger partial charge in [-0.2, -0.15) is 0 Å². The van der Waals surface area contributed by atoms with Crippen molar-refractivity contribution in [3.63, 3.8) is 0 Å². The third-order valence-corrected chi connectivity index (χ3v) is 2.96. The van der Waals surface area contributed by atoms with Gasteiger partial charge in [-0.25, -0.2) is 14.2 Å². The van der Waals surface area contributed by atoms with Gasteiger partial charge in [-0.1, -0.05) is 18.2 Å². The minimum absolute atomic E-state index is 0.247. The van der Waals surface area contributed by atoms with Gasteiger partial charge in [-0.15, -0.1) is 0 Å². The second-order valence-electron chi connectivity index (χ2n) is 4.06. The van der Waals surface area contributed by atoms with Gasteiger partial charge in [0.25, 0.3) is 0 Å². The van der Waals surface area contributed by atoms with Crippen molar-refractivity contribution in [2.75, 3.05) is 7.05 Å². The summed E-state index contributed by atoms with van der Waals surface area (Å²) in [7, 11) is 1.64. The Morgan fingerprint density at radius 3 is 2.78 bits per heavy atom. The fraction of sp³-hybridized carbons (Fsp3) is 0.231. The predicted octanol–water partition coefficient (Wildman–Crippen LogP) is 2.68. The van der Waals surface area contributed by atoms with Crippen molar-refractivity contribution in [3.05, 3.63) is 54.4 Å². The van der Waals surface area contributed by atoms with Gasteiger partial charge in [0.05, 0.1) is 6.04 Å². The molecule has 0 radical (unpaired) electrons. The number of aromatic nitrogens is 2. The lowest BCUT2D eigenvalue weighted by Crippen LogP contribution is -2.33. The van der Waals surface area contributed by atoms with Crippen LogP contribution in [0.5, 0.6) is 0 Å². The number of imidazole rings is 1. The van der Waals surface area contributed by atoms with E-state index in [1.807, 2.05) is 0 Å². The Balaban J connectivity index is 2.22. The third-order valence-electron chi connectivity index (χ3n) is 2.96. The number of hydrogen-bond acceptors (Lipinski definition) is 2. The predicted molar refractivity (Wildman–Crippen MR) is 65.6 cm³/mol. The van der Waals surface area contributed by atoms with Crippen LogP contribution in [0.4, 0.5) is 9.18 Å². The maximum atomic E-state index is 13.6. The van der Waals surface area contributed by atoms with Crippen LogP contribution in [-0.4, -0.2) is 27.5 Å². The highest BCUT2D eigenvalue weighted by Crippen LogP contribution is 2.21. The fourth-order valence-electron chi connectivity index (χ4n) is 1.74. The average Bonchev–Trinajstić information content (AvgIpc) is 2.90. The highest BCUT2D eigenvalue weighted by molar-refractivity contribution is 5.76. The number of halogens is 1. The van der Waals surface area contributed by atoms with Crippen molar-refractivity contribution < 1.29 is 9.18 Å². The topological polar surface area (TPSA) is 38.1 Å². The van der Waals surface area contributed by atoms with Crippen LogP contribution in [0.2, 0.25) is 0 Å². The molecule has 0 aliphatic rings. The van der Waals surface area contributed by atoms with Crippen molar-refractivity contribution in [2.45, 2.75) is 13.0 Å². The van der Waals surface area contributed by atoms with Crippen molar-refractivity contribution in [1.29, 1.82) is 0 Å². The zero-order valence-electron chi connectivity index (χ0n) is 10.2. The molecule has 1 atom stereocenters. The van der Waals surface area contributed by atoms with Gasteiger partial charge in [-0.05, 0) is 13.0 Å². The summed E-state index contributed by atoms with van der Waals surface area (Å²) in [6.07, 6.45) is 4.51. The van der Waals surface area contributed by atoms with Gasteiger partial charge in [0.15, 0.2) is 0 Å². The zero-order valence-corrected chi connectivity index (χ0v) is 10.2. The number of amides is 1. The summed E-state index contributed by atoms with van der Waals surface area (Å²) in [6.45, 7) is 1.78. The second kappa shape index (κ2) is 5.00. The Kier molecular flexibility index (Phi) is 3.41. The quantitative estimate of drug-likeness (QED) is 0.818. The molecule has 0 aliphatic heterocycles. The molecule has 1 unspecified atom stereocenters. The molecule has 94 valence electrons. The van der Waals surface area contributed by atoms with E-state index >= 15 is 0 Å². The summed E-state index contributed by atoms with van der Waals surface area (Å²) in [6, 6.07) is 5.86. The first-order valence-electron chi connectivity index (χ1n) is 5.61. The van der Waals surface area contributed by atoms with Crippen molar-refractivity contribution in [2.24, 2.45) is 0 Å². The highest BCUT2D eigenvalue weighted by atomic mass is 19.1. The molecular weight excluding hydrogens is 233 g/mol. The lowest BCUT2D eigenvalue weighted by Gasteiger charge is -2.25. The molecule has 0 saturated carbocycles. The van der Waals surface area contributed by atoms with E-state index in [0.717, 1.165) is 0 Å². The van der Waals surface area contributed by atoms with Gasteiger partial charge in [0.2, 0.25) is 0 Å². The van der Waals surface area contributed by atoms with Crippen LogP contribution in [-0.2, 0) is 0 Å². The molecule has 0 fully saturated rings. The van der Waals surface area contributed by atoms with Crippen LogP contribution < -0.4 is 0 Å². The standard InChI is InChI=1S/C13H14FN3O/c1-10(11-5-3-4-6-12(11)14)16(2)13(18)17-8-7-15-9-17/h3-10H,1-2H3. The molecule has 0 N–H and O–H groups in total. The molecule has 0 aliphatic carbocycles. The smallest absolute Gasteiger partial charge is 0.320 e. The number of nitrogens with zero attached hydrogens (tertiary/aromatic N) is 3. The van der Waals surface area contributed by atoms with Crippen LogP contribution in [0.25, 0.3) is 0 Å². The Labute approximate surface area is 105 Å². The van der Waals surface area contributed by atoms with Crippen LogP contribution in [0.15, 0.2) is 43.0 Å². The van der Waals surface area contributed by atoms with E-state index in [4.69, 9.17) is 0 Å². The maximum Gasteiger partial charge on any atom is 0.329 e. The van der Waals surface area contributed by atoms with Crippen LogP contribution in [0, 0.1) is 5.82 Å². The molecular formula is C13H14FN3O. The summed E-state index contributed by atoms with van der Waals surface area (Å²) >= 11 is 0. The SMILES string of the molecule is CC(c1ccccc1F)N(C)C(=O)n1ccnc1.